The van der Waals surface area contributed by atoms with E-state index in [1.54, 1.807) is 25.3 Å². The maximum absolute atomic E-state index is 13.5. The predicted octanol–water partition coefficient (Wildman–Crippen LogP) is 3.74. The first-order valence-electron chi connectivity index (χ1n) is 10.2. The smallest absolute Gasteiger partial charge is 0.295 e. The zero-order valence-corrected chi connectivity index (χ0v) is 17.4. The van der Waals surface area contributed by atoms with Crippen molar-refractivity contribution in [3.05, 3.63) is 70.5 Å². The number of carbonyl (C=O) groups is 2. The zero-order valence-electron chi connectivity index (χ0n) is 17.4. The van der Waals surface area contributed by atoms with Crippen molar-refractivity contribution in [3.8, 4) is 5.75 Å². The highest BCUT2D eigenvalue weighted by molar-refractivity contribution is 6.46. The lowest BCUT2D eigenvalue weighted by Crippen LogP contribution is -2.36. The SMILES string of the molecule is COc1ccc(/C(O)=C2/C(=O)C(=O)N(CC3CCCO3)C2c2ccc(F)cc2)cc1C. The Hall–Kier alpha value is -3.19. The highest BCUT2D eigenvalue weighted by Crippen LogP contribution is 2.40. The molecule has 2 unspecified atom stereocenters. The van der Waals surface area contributed by atoms with Gasteiger partial charge in [-0.15, -0.1) is 0 Å². The van der Waals surface area contributed by atoms with Crippen LogP contribution < -0.4 is 4.74 Å². The molecular weight excluding hydrogens is 401 g/mol. The van der Waals surface area contributed by atoms with Crippen LogP contribution >= 0.6 is 0 Å². The molecule has 0 spiro atoms. The quantitative estimate of drug-likeness (QED) is 0.449. The number of Topliss-reactive ketones (excluding diaryl/α,β-unsaturated/α-hetero) is 1. The minimum Gasteiger partial charge on any atom is -0.507 e. The molecule has 0 saturated carbocycles. The molecule has 2 atom stereocenters. The summed E-state index contributed by atoms with van der Waals surface area (Å²) in [5.74, 6) is -1.51. The van der Waals surface area contributed by atoms with Crippen molar-refractivity contribution < 1.29 is 28.6 Å². The normalized spacial score (nSPS) is 22.9. The maximum atomic E-state index is 13.5. The predicted molar refractivity (Wildman–Crippen MR) is 112 cm³/mol. The molecule has 2 aliphatic heterocycles. The average molecular weight is 425 g/mol. The van der Waals surface area contributed by atoms with E-state index in [0.29, 0.717) is 23.5 Å². The summed E-state index contributed by atoms with van der Waals surface area (Å²) in [5, 5.41) is 11.1. The maximum Gasteiger partial charge on any atom is 0.295 e. The van der Waals surface area contributed by atoms with Crippen LogP contribution in [0.2, 0.25) is 0 Å². The molecule has 31 heavy (non-hydrogen) atoms. The number of hydrogen-bond donors (Lipinski definition) is 1. The average Bonchev–Trinajstić information content (AvgIpc) is 3.36. The highest BCUT2D eigenvalue weighted by Gasteiger charge is 2.47. The van der Waals surface area contributed by atoms with Crippen LogP contribution in [0.5, 0.6) is 5.75 Å². The molecule has 0 bridgehead atoms. The molecule has 2 saturated heterocycles. The van der Waals surface area contributed by atoms with Crippen LogP contribution in [0, 0.1) is 12.7 Å². The Morgan fingerprint density at radius 2 is 1.97 bits per heavy atom. The van der Waals surface area contributed by atoms with Gasteiger partial charge in [0.05, 0.1) is 24.8 Å². The Labute approximate surface area is 179 Å². The van der Waals surface area contributed by atoms with Crippen molar-refractivity contribution in [1.29, 1.82) is 0 Å². The van der Waals surface area contributed by atoms with Crippen molar-refractivity contribution >= 4 is 17.4 Å². The van der Waals surface area contributed by atoms with E-state index in [1.807, 2.05) is 6.92 Å². The first kappa shape index (κ1) is 21.1. The zero-order chi connectivity index (χ0) is 22.1. The lowest BCUT2D eigenvalue weighted by Gasteiger charge is -2.27. The molecule has 0 aliphatic carbocycles. The summed E-state index contributed by atoms with van der Waals surface area (Å²) >= 11 is 0. The highest BCUT2D eigenvalue weighted by atomic mass is 19.1. The number of ketones is 1. The van der Waals surface area contributed by atoms with E-state index >= 15 is 0 Å². The molecule has 1 N–H and O–H groups in total. The number of methoxy groups -OCH3 is 1. The van der Waals surface area contributed by atoms with Gasteiger partial charge in [-0.2, -0.15) is 0 Å². The summed E-state index contributed by atoms with van der Waals surface area (Å²) < 4.78 is 24.5. The molecule has 2 aliphatic rings. The van der Waals surface area contributed by atoms with Crippen molar-refractivity contribution in [2.45, 2.75) is 31.9 Å². The monoisotopic (exact) mass is 425 g/mol. The van der Waals surface area contributed by atoms with Crippen molar-refractivity contribution in [3.63, 3.8) is 0 Å². The third-order valence-electron chi connectivity index (χ3n) is 5.82. The number of nitrogens with zero attached hydrogens (tertiary/aromatic N) is 1. The van der Waals surface area contributed by atoms with Gasteiger partial charge in [-0.3, -0.25) is 9.59 Å². The molecule has 2 aromatic carbocycles. The van der Waals surface area contributed by atoms with Crippen LogP contribution in [-0.4, -0.2) is 48.1 Å². The third-order valence-corrected chi connectivity index (χ3v) is 5.82. The van der Waals surface area contributed by atoms with E-state index in [-0.39, 0.29) is 24.0 Å². The molecule has 4 rings (SSSR count). The van der Waals surface area contributed by atoms with Gasteiger partial charge in [0.1, 0.15) is 17.3 Å². The molecule has 7 heteroatoms. The fraction of sp³-hybridized carbons (Fsp3) is 0.333. The Kier molecular flexibility index (Phi) is 5.78. The van der Waals surface area contributed by atoms with Gasteiger partial charge in [-0.25, -0.2) is 4.39 Å². The molecule has 2 fully saturated rings. The van der Waals surface area contributed by atoms with E-state index in [9.17, 15) is 19.1 Å². The number of likely N-dealkylation sites (tertiary alicyclic amines) is 1. The Bertz CT molecular complexity index is 1040. The molecular formula is C24H24FNO5. The van der Waals surface area contributed by atoms with Crippen LogP contribution in [-0.2, 0) is 14.3 Å². The Morgan fingerprint density at radius 3 is 2.58 bits per heavy atom. The van der Waals surface area contributed by atoms with Gasteiger partial charge in [0.25, 0.3) is 11.7 Å². The van der Waals surface area contributed by atoms with Gasteiger partial charge in [0.2, 0.25) is 0 Å². The minimum atomic E-state index is -0.827. The van der Waals surface area contributed by atoms with E-state index in [0.717, 1.165) is 18.4 Å². The van der Waals surface area contributed by atoms with E-state index in [1.165, 1.54) is 29.2 Å². The number of halogens is 1. The second kappa shape index (κ2) is 8.51. The summed E-state index contributed by atoms with van der Waals surface area (Å²) in [4.78, 5) is 27.4. The second-order valence-electron chi connectivity index (χ2n) is 7.82. The van der Waals surface area contributed by atoms with Gasteiger partial charge in [0.15, 0.2) is 0 Å². The van der Waals surface area contributed by atoms with Gasteiger partial charge < -0.3 is 19.5 Å². The van der Waals surface area contributed by atoms with Gasteiger partial charge in [0, 0.05) is 18.7 Å². The topological polar surface area (TPSA) is 76.1 Å². The molecule has 2 aromatic rings. The standard InChI is InChI=1S/C24H24FNO5/c1-14-12-16(7-10-19(14)30-2)22(27)20-21(15-5-8-17(25)9-6-15)26(24(29)23(20)28)13-18-4-3-11-31-18/h5-10,12,18,21,27H,3-4,11,13H2,1-2H3/b22-20-. The number of amides is 1. The summed E-state index contributed by atoms with van der Waals surface area (Å²) in [7, 11) is 1.55. The molecule has 2 heterocycles. The number of hydrogen-bond acceptors (Lipinski definition) is 5. The number of rotatable bonds is 5. The Morgan fingerprint density at radius 1 is 1.23 bits per heavy atom. The lowest BCUT2D eigenvalue weighted by molar-refractivity contribution is -0.140. The first-order chi connectivity index (χ1) is 14.9. The van der Waals surface area contributed by atoms with Crippen LogP contribution in [0.4, 0.5) is 4.39 Å². The van der Waals surface area contributed by atoms with Crippen LogP contribution in [0.3, 0.4) is 0 Å². The number of carbonyl (C=O) groups excluding carboxylic acids is 2. The summed E-state index contributed by atoms with van der Waals surface area (Å²) in [6.07, 6.45) is 1.50. The van der Waals surface area contributed by atoms with Crippen LogP contribution in [0.1, 0.15) is 35.6 Å². The largest absolute Gasteiger partial charge is 0.507 e. The summed E-state index contributed by atoms with van der Waals surface area (Å²) in [6, 6.07) is 9.81. The van der Waals surface area contributed by atoms with Crippen molar-refractivity contribution in [2.75, 3.05) is 20.3 Å². The van der Waals surface area contributed by atoms with Gasteiger partial charge in [-0.05, 0) is 61.2 Å². The number of benzene rings is 2. The second-order valence-corrected chi connectivity index (χ2v) is 7.82. The van der Waals surface area contributed by atoms with E-state index in [4.69, 9.17) is 9.47 Å². The molecule has 1 amide bonds. The number of aliphatic hydroxyl groups excluding tert-OH is 1. The molecule has 162 valence electrons. The molecule has 6 nitrogen and oxygen atoms in total. The fourth-order valence-corrected chi connectivity index (χ4v) is 4.25. The van der Waals surface area contributed by atoms with E-state index in [2.05, 4.69) is 0 Å². The van der Waals surface area contributed by atoms with Gasteiger partial charge >= 0.3 is 0 Å². The number of aliphatic hydroxyl groups is 1. The van der Waals surface area contributed by atoms with Crippen LogP contribution in [0.25, 0.3) is 5.76 Å². The third kappa shape index (κ3) is 3.93. The summed E-state index contributed by atoms with van der Waals surface area (Å²) in [6.45, 7) is 2.66. The molecule has 0 aromatic heterocycles. The van der Waals surface area contributed by atoms with E-state index < -0.39 is 23.5 Å². The van der Waals surface area contributed by atoms with Crippen LogP contribution in [0.15, 0.2) is 48.0 Å². The number of ether oxygens (including phenoxy) is 2. The first-order valence-corrected chi connectivity index (χ1v) is 10.2. The van der Waals surface area contributed by atoms with Crippen molar-refractivity contribution in [2.24, 2.45) is 0 Å². The minimum absolute atomic E-state index is 0.0147. The summed E-state index contributed by atoms with van der Waals surface area (Å²) in [5.41, 5.74) is 1.71. The fourth-order valence-electron chi connectivity index (χ4n) is 4.25. The Balaban J connectivity index is 1.82. The molecule has 0 radical (unpaired) electrons. The van der Waals surface area contributed by atoms with Crippen molar-refractivity contribution in [1.82, 2.24) is 4.90 Å². The lowest BCUT2D eigenvalue weighted by atomic mass is 9.94. The van der Waals surface area contributed by atoms with Gasteiger partial charge in [-0.1, -0.05) is 12.1 Å². The number of aryl methyl sites for hydroxylation is 1.